The van der Waals surface area contributed by atoms with Gasteiger partial charge < -0.3 is 20.8 Å². The minimum Gasteiger partial charge on any atom is -0.465 e. The van der Waals surface area contributed by atoms with Crippen LogP contribution in [0.25, 0.3) is 0 Å². The first-order valence-corrected chi connectivity index (χ1v) is 5.29. The average Bonchev–Trinajstić information content (AvgIpc) is 2.26. The number of nitrogens with one attached hydrogen (secondary N) is 2. The summed E-state index contributed by atoms with van der Waals surface area (Å²) in [6.45, 7) is 4.37. The minimum atomic E-state index is -0.995. The van der Waals surface area contributed by atoms with Crippen molar-refractivity contribution in [3.63, 3.8) is 0 Å². The number of rotatable bonds is 2. The Morgan fingerprint density at radius 1 is 1.06 bits per heavy atom. The molecule has 6 heteroatoms. The van der Waals surface area contributed by atoms with E-state index in [-0.39, 0.29) is 0 Å². The number of hydrogen-bond acceptors (Lipinski definition) is 2. The van der Waals surface area contributed by atoms with Gasteiger partial charge >= 0.3 is 12.2 Å². The second-order valence-corrected chi connectivity index (χ2v) is 3.71. The van der Waals surface area contributed by atoms with E-state index >= 15 is 0 Å². The second-order valence-electron chi connectivity index (χ2n) is 3.71. The predicted molar refractivity (Wildman–Crippen MR) is 67.9 cm³/mol. The lowest BCUT2D eigenvalue weighted by Crippen LogP contribution is -2.19. The summed E-state index contributed by atoms with van der Waals surface area (Å²) in [6, 6.07) is 6.01. The Bertz CT molecular complexity index is 398. The quantitative estimate of drug-likeness (QED) is 0.648. The van der Waals surface area contributed by atoms with Gasteiger partial charge in [-0.15, -0.1) is 0 Å². The van der Waals surface area contributed by atoms with Crippen molar-refractivity contribution in [1.82, 2.24) is 10.6 Å². The Kier molecular flexibility index (Phi) is 6.95. The molecule has 0 aliphatic rings. The van der Waals surface area contributed by atoms with Crippen molar-refractivity contribution >= 4 is 12.2 Å². The van der Waals surface area contributed by atoms with Gasteiger partial charge in [0.2, 0.25) is 0 Å². The maximum Gasteiger partial charge on any atom is 0.404 e. The average molecular weight is 254 g/mol. The fraction of sp³-hybridized carbons (Fsp3) is 0.333. The largest absolute Gasteiger partial charge is 0.465 e. The van der Waals surface area contributed by atoms with Crippen LogP contribution in [0.4, 0.5) is 9.59 Å². The number of amides is 2. The van der Waals surface area contributed by atoms with E-state index in [1.54, 1.807) is 0 Å². The number of carboxylic acid groups (broad SMARTS) is 2. The molecule has 4 N–H and O–H groups in total. The third-order valence-corrected chi connectivity index (χ3v) is 1.94. The van der Waals surface area contributed by atoms with Crippen LogP contribution in [0.1, 0.15) is 16.7 Å². The van der Waals surface area contributed by atoms with Crippen molar-refractivity contribution in [2.24, 2.45) is 0 Å². The van der Waals surface area contributed by atoms with Crippen molar-refractivity contribution in [2.75, 3.05) is 7.05 Å². The van der Waals surface area contributed by atoms with Gasteiger partial charge in [-0.3, -0.25) is 0 Å². The summed E-state index contributed by atoms with van der Waals surface area (Å²) in [4.78, 5) is 19.5. The van der Waals surface area contributed by atoms with Gasteiger partial charge in [-0.25, -0.2) is 9.59 Å². The van der Waals surface area contributed by atoms with E-state index in [9.17, 15) is 9.59 Å². The summed E-state index contributed by atoms with van der Waals surface area (Å²) < 4.78 is 0. The van der Waals surface area contributed by atoms with Crippen molar-refractivity contribution < 1.29 is 19.8 Å². The molecule has 0 bridgehead atoms. The van der Waals surface area contributed by atoms with E-state index in [4.69, 9.17) is 10.2 Å². The lowest BCUT2D eigenvalue weighted by molar-refractivity contribution is 0.193. The molecule has 1 aromatic rings. The van der Waals surface area contributed by atoms with Gasteiger partial charge in [-0.1, -0.05) is 29.3 Å². The zero-order valence-electron chi connectivity index (χ0n) is 10.7. The maximum absolute atomic E-state index is 10.2. The van der Waals surface area contributed by atoms with Gasteiger partial charge in [0, 0.05) is 13.6 Å². The molecule has 2 amide bonds. The van der Waals surface area contributed by atoms with E-state index in [1.165, 1.54) is 7.05 Å². The highest BCUT2D eigenvalue weighted by Crippen LogP contribution is 2.08. The second kappa shape index (κ2) is 7.94. The van der Waals surface area contributed by atoms with E-state index < -0.39 is 12.2 Å². The highest BCUT2D eigenvalue weighted by Gasteiger charge is 1.97. The molecule has 100 valence electrons. The van der Waals surface area contributed by atoms with Crippen LogP contribution in [0.2, 0.25) is 0 Å². The minimum absolute atomic E-state index is 0.373. The molecule has 0 atom stereocenters. The van der Waals surface area contributed by atoms with E-state index in [0.29, 0.717) is 6.54 Å². The fourth-order valence-electron chi connectivity index (χ4n) is 1.35. The summed E-state index contributed by atoms with van der Waals surface area (Å²) in [7, 11) is 1.35. The van der Waals surface area contributed by atoms with Gasteiger partial charge in [0.25, 0.3) is 0 Å². The van der Waals surface area contributed by atoms with Gasteiger partial charge in [0.05, 0.1) is 0 Å². The summed E-state index contributed by atoms with van der Waals surface area (Å²) in [6.07, 6.45) is -1.98. The first-order chi connectivity index (χ1) is 8.35. The molecule has 0 spiro atoms. The van der Waals surface area contributed by atoms with Crippen molar-refractivity contribution in [3.05, 3.63) is 34.9 Å². The molecule has 0 radical (unpaired) electrons. The molecule has 18 heavy (non-hydrogen) atoms. The molecule has 0 aromatic heterocycles. The molecular weight excluding hydrogens is 236 g/mol. The summed E-state index contributed by atoms with van der Waals surface area (Å²) in [5.74, 6) is 0. The molecule has 0 unspecified atom stereocenters. The first-order valence-electron chi connectivity index (χ1n) is 5.29. The van der Waals surface area contributed by atoms with Crippen molar-refractivity contribution in [2.45, 2.75) is 20.4 Å². The zero-order valence-corrected chi connectivity index (χ0v) is 10.7. The van der Waals surface area contributed by atoms with Crippen molar-refractivity contribution in [1.29, 1.82) is 0 Å². The van der Waals surface area contributed by atoms with Crippen LogP contribution in [-0.4, -0.2) is 29.4 Å². The molecule has 0 saturated carbocycles. The van der Waals surface area contributed by atoms with Crippen LogP contribution in [0.5, 0.6) is 0 Å². The van der Waals surface area contributed by atoms with Crippen LogP contribution in [-0.2, 0) is 6.54 Å². The SMILES string of the molecule is CNC(=O)O.Cc1cc(C)cc(CNC(=O)O)c1. The van der Waals surface area contributed by atoms with E-state index in [0.717, 1.165) is 16.7 Å². The molecule has 1 rings (SSSR count). The molecule has 0 heterocycles. The number of hydrogen-bond donors (Lipinski definition) is 4. The topological polar surface area (TPSA) is 98.7 Å². The number of carbonyl (C=O) groups is 2. The van der Waals surface area contributed by atoms with E-state index in [2.05, 4.69) is 11.4 Å². The molecule has 0 fully saturated rings. The fourth-order valence-corrected chi connectivity index (χ4v) is 1.35. The Morgan fingerprint density at radius 3 is 1.83 bits per heavy atom. The Labute approximate surface area is 106 Å². The third kappa shape index (κ3) is 7.98. The zero-order chi connectivity index (χ0) is 14.1. The summed E-state index contributed by atoms with van der Waals surface area (Å²) in [5.41, 5.74) is 3.31. The summed E-state index contributed by atoms with van der Waals surface area (Å²) >= 11 is 0. The Hall–Kier alpha value is -2.24. The van der Waals surface area contributed by atoms with Gasteiger partial charge in [0.15, 0.2) is 0 Å². The highest BCUT2D eigenvalue weighted by molar-refractivity contribution is 5.64. The molecule has 0 aliphatic carbocycles. The molecular formula is C12H18N2O4. The van der Waals surface area contributed by atoms with Gasteiger partial charge in [-0.05, 0) is 19.4 Å². The van der Waals surface area contributed by atoms with Crippen LogP contribution in [0.15, 0.2) is 18.2 Å². The van der Waals surface area contributed by atoms with Crippen LogP contribution in [0.3, 0.4) is 0 Å². The third-order valence-electron chi connectivity index (χ3n) is 1.94. The van der Waals surface area contributed by atoms with Crippen LogP contribution >= 0.6 is 0 Å². The number of benzene rings is 1. The first kappa shape index (κ1) is 15.8. The molecule has 0 saturated heterocycles. The molecule has 6 nitrogen and oxygen atoms in total. The maximum atomic E-state index is 10.2. The Morgan fingerprint density at radius 2 is 1.50 bits per heavy atom. The predicted octanol–water partition coefficient (Wildman–Crippen LogP) is 1.95. The standard InChI is InChI=1S/C10H13NO2.C2H5NO2/c1-7-3-8(2)5-9(4-7)6-11-10(12)13;1-3-2(4)5/h3-5,11H,6H2,1-2H3,(H,12,13);3H,1H3,(H,4,5). The van der Waals surface area contributed by atoms with Crippen LogP contribution in [0, 0.1) is 13.8 Å². The van der Waals surface area contributed by atoms with Gasteiger partial charge in [-0.2, -0.15) is 0 Å². The normalized spacial score (nSPS) is 8.83. The van der Waals surface area contributed by atoms with Crippen LogP contribution < -0.4 is 10.6 Å². The van der Waals surface area contributed by atoms with Crippen molar-refractivity contribution in [3.8, 4) is 0 Å². The van der Waals surface area contributed by atoms with Gasteiger partial charge in [0.1, 0.15) is 0 Å². The smallest absolute Gasteiger partial charge is 0.404 e. The number of aryl methyl sites for hydroxylation is 2. The highest BCUT2D eigenvalue weighted by atomic mass is 16.4. The summed E-state index contributed by atoms with van der Waals surface area (Å²) in [5, 5.41) is 20.3. The molecule has 1 aromatic carbocycles. The lowest BCUT2D eigenvalue weighted by atomic mass is 10.1. The van der Waals surface area contributed by atoms with E-state index in [1.807, 2.05) is 31.3 Å². The Balaban J connectivity index is 0.000000494. The monoisotopic (exact) mass is 254 g/mol. The lowest BCUT2D eigenvalue weighted by Gasteiger charge is -2.04. The molecule has 0 aliphatic heterocycles.